The van der Waals surface area contributed by atoms with Gasteiger partial charge < -0.3 is 0 Å². The third kappa shape index (κ3) is 9.74. The average molecular weight is 209 g/mol. The van der Waals surface area contributed by atoms with Crippen LogP contribution in [0.1, 0.15) is 39.5 Å². The first-order valence-corrected chi connectivity index (χ1v) is 6.14. The molecule has 0 unspecified atom stereocenters. The Hall–Kier alpha value is -0.560. The number of hydrogen-bond donors (Lipinski definition) is 0. The number of unbranched alkanes of at least 4 members (excludes halogenated alkanes) is 2. The fraction of sp³-hybridized carbons (Fsp3) is 0.714. The Morgan fingerprint density at radius 1 is 1.00 bits per heavy atom. The smallest absolute Gasteiger partial charge is 0.0163 e. The Balaban J connectivity index is 3.43. The maximum absolute atomic E-state index is 3.77. The summed E-state index contributed by atoms with van der Waals surface area (Å²) in [5.41, 5.74) is 0. The summed E-state index contributed by atoms with van der Waals surface area (Å²) in [5, 5.41) is 0. The van der Waals surface area contributed by atoms with Gasteiger partial charge in [0.2, 0.25) is 0 Å². The van der Waals surface area contributed by atoms with Gasteiger partial charge in [-0.05, 0) is 18.9 Å². The molecule has 0 radical (unpaired) electrons. The molecule has 0 aromatic rings. The first-order valence-electron chi connectivity index (χ1n) is 6.14. The lowest BCUT2D eigenvalue weighted by Crippen LogP contribution is -2.24. The van der Waals surface area contributed by atoms with Crippen LogP contribution in [-0.2, 0) is 0 Å². The van der Waals surface area contributed by atoms with Gasteiger partial charge >= 0.3 is 0 Å². The van der Waals surface area contributed by atoms with Crippen LogP contribution in [0.2, 0.25) is 0 Å². The van der Waals surface area contributed by atoms with Gasteiger partial charge in [-0.3, -0.25) is 4.90 Å². The SMILES string of the molecule is C=CCN(CC=C)CCCCCC(C)C. The summed E-state index contributed by atoms with van der Waals surface area (Å²) in [4.78, 5) is 2.38. The molecule has 1 heteroatoms. The normalized spacial score (nSPS) is 10.9. The van der Waals surface area contributed by atoms with Crippen LogP contribution in [0.25, 0.3) is 0 Å². The third-order valence-corrected chi connectivity index (χ3v) is 2.53. The lowest BCUT2D eigenvalue weighted by molar-refractivity contribution is 0.323. The summed E-state index contributed by atoms with van der Waals surface area (Å²) in [6.45, 7) is 15.3. The molecular weight excluding hydrogens is 182 g/mol. The zero-order chi connectivity index (χ0) is 11.5. The monoisotopic (exact) mass is 209 g/mol. The van der Waals surface area contributed by atoms with E-state index < -0.39 is 0 Å². The number of hydrogen-bond acceptors (Lipinski definition) is 1. The molecule has 0 rings (SSSR count). The largest absolute Gasteiger partial charge is 0.296 e. The maximum atomic E-state index is 3.77. The van der Waals surface area contributed by atoms with Crippen molar-refractivity contribution in [2.24, 2.45) is 5.92 Å². The molecule has 15 heavy (non-hydrogen) atoms. The third-order valence-electron chi connectivity index (χ3n) is 2.53. The molecule has 88 valence electrons. The molecule has 0 spiro atoms. The van der Waals surface area contributed by atoms with Crippen molar-refractivity contribution in [3.8, 4) is 0 Å². The minimum atomic E-state index is 0.849. The predicted octanol–water partition coefficient (Wildman–Crippen LogP) is 3.88. The van der Waals surface area contributed by atoms with Crippen LogP contribution in [0.3, 0.4) is 0 Å². The molecule has 0 aliphatic heterocycles. The second-order valence-electron chi connectivity index (χ2n) is 4.58. The van der Waals surface area contributed by atoms with Gasteiger partial charge in [-0.1, -0.05) is 45.3 Å². The van der Waals surface area contributed by atoms with Gasteiger partial charge in [-0.15, -0.1) is 13.2 Å². The quantitative estimate of drug-likeness (QED) is 0.390. The Morgan fingerprint density at radius 3 is 2.07 bits per heavy atom. The molecule has 0 heterocycles. The van der Waals surface area contributed by atoms with Gasteiger partial charge in [0.25, 0.3) is 0 Å². The van der Waals surface area contributed by atoms with Crippen molar-refractivity contribution in [2.75, 3.05) is 19.6 Å². The van der Waals surface area contributed by atoms with E-state index in [2.05, 4.69) is 31.9 Å². The fourth-order valence-electron chi connectivity index (χ4n) is 1.69. The highest BCUT2D eigenvalue weighted by molar-refractivity contribution is 4.79. The molecular formula is C14H27N. The van der Waals surface area contributed by atoms with Gasteiger partial charge in [0.15, 0.2) is 0 Å². The zero-order valence-electron chi connectivity index (χ0n) is 10.5. The highest BCUT2D eigenvalue weighted by atomic mass is 15.1. The van der Waals surface area contributed by atoms with E-state index in [1.54, 1.807) is 0 Å². The summed E-state index contributed by atoms with van der Waals surface area (Å²) in [7, 11) is 0. The second kappa shape index (κ2) is 9.97. The van der Waals surface area contributed by atoms with Gasteiger partial charge in [0.05, 0.1) is 0 Å². The van der Waals surface area contributed by atoms with Crippen LogP contribution in [0.5, 0.6) is 0 Å². The van der Waals surface area contributed by atoms with E-state index in [-0.39, 0.29) is 0 Å². The molecule has 0 fully saturated rings. The Bertz CT molecular complexity index is 151. The molecule has 0 bridgehead atoms. The number of nitrogens with zero attached hydrogens (tertiary/aromatic N) is 1. The van der Waals surface area contributed by atoms with Crippen molar-refractivity contribution in [2.45, 2.75) is 39.5 Å². The summed E-state index contributed by atoms with van der Waals surface area (Å²) < 4.78 is 0. The summed E-state index contributed by atoms with van der Waals surface area (Å²) >= 11 is 0. The minimum absolute atomic E-state index is 0.849. The summed E-state index contributed by atoms with van der Waals surface area (Å²) in [5.74, 6) is 0.849. The molecule has 0 saturated carbocycles. The molecule has 0 N–H and O–H groups in total. The molecule has 0 atom stereocenters. The van der Waals surface area contributed by atoms with Crippen LogP contribution in [0, 0.1) is 5.92 Å². The lowest BCUT2D eigenvalue weighted by Gasteiger charge is -2.18. The Labute approximate surface area is 95.9 Å². The van der Waals surface area contributed by atoms with Gasteiger partial charge in [-0.2, -0.15) is 0 Å². The van der Waals surface area contributed by atoms with E-state index >= 15 is 0 Å². The Morgan fingerprint density at radius 2 is 1.60 bits per heavy atom. The van der Waals surface area contributed by atoms with E-state index in [0.29, 0.717) is 0 Å². The molecule has 0 saturated heterocycles. The van der Waals surface area contributed by atoms with Gasteiger partial charge in [0, 0.05) is 13.1 Å². The van der Waals surface area contributed by atoms with E-state index in [0.717, 1.165) is 19.0 Å². The molecule has 0 aliphatic carbocycles. The van der Waals surface area contributed by atoms with Crippen molar-refractivity contribution >= 4 is 0 Å². The highest BCUT2D eigenvalue weighted by Gasteiger charge is 2.00. The molecule has 1 nitrogen and oxygen atoms in total. The van der Waals surface area contributed by atoms with Gasteiger partial charge in [-0.25, -0.2) is 0 Å². The van der Waals surface area contributed by atoms with Gasteiger partial charge in [0.1, 0.15) is 0 Å². The number of rotatable bonds is 10. The standard InChI is InChI=1S/C14H27N/c1-5-11-15(12-6-2)13-9-7-8-10-14(3)4/h5-6,14H,1-2,7-13H2,3-4H3. The molecule has 0 amide bonds. The average Bonchev–Trinajstić information content (AvgIpc) is 2.17. The van der Waals surface area contributed by atoms with E-state index in [1.165, 1.54) is 32.2 Å². The summed E-state index contributed by atoms with van der Waals surface area (Å²) in [6, 6.07) is 0. The second-order valence-corrected chi connectivity index (χ2v) is 4.58. The first-order chi connectivity index (χ1) is 7.20. The van der Waals surface area contributed by atoms with E-state index in [9.17, 15) is 0 Å². The minimum Gasteiger partial charge on any atom is -0.296 e. The molecule has 0 aromatic carbocycles. The van der Waals surface area contributed by atoms with Crippen molar-refractivity contribution in [1.29, 1.82) is 0 Å². The Kier molecular flexibility index (Phi) is 9.60. The van der Waals surface area contributed by atoms with E-state index in [1.807, 2.05) is 12.2 Å². The van der Waals surface area contributed by atoms with Crippen LogP contribution in [0.4, 0.5) is 0 Å². The van der Waals surface area contributed by atoms with Crippen LogP contribution < -0.4 is 0 Å². The first kappa shape index (κ1) is 14.4. The zero-order valence-corrected chi connectivity index (χ0v) is 10.5. The van der Waals surface area contributed by atoms with Crippen LogP contribution in [0.15, 0.2) is 25.3 Å². The molecule has 0 aliphatic rings. The summed E-state index contributed by atoms with van der Waals surface area (Å²) in [6.07, 6.45) is 9.32. The predicted molar refractivity (Wildman–Crippen MR) is 70.1 cm³/mol. The topological polar surface area (TPSA) is 3.24 Å². The van der Waals surface area contributed by atoms with Crippen molar-refractivity contribution in [3.63, 3.8) is 0 Å². The highest BCUT2D eigenvalue weighted by Crippen LogP contribution is 2.08. The fourth-order valence-corrected chi connectivity index (χ4v) is 1.69. The maximum Gasteiger partial charge on any atom is 0.0163 e. The lowest BCUT2D eigenvalue weighted by atomic mass is 10.1. The van der Waals surface area contributed by atoms with Crippen LogP contribution in [-0.4, -0.2) is 24.5 Å². The van der Waals surface area contributed by atoms with Crippen LogP contribution >= 0.6 is 0 Å². The van der Waals surface area contributed by atoms with Crippen molar-refractivity contribution in [3.05, 3.63) is 25.3 Å². The van der Waals surface area contributed by atoms with Crippen molar-refractivity contribution < 1.29 is 0 Å². The molecule has 0 aromatic heterocycles. The van der Waals surface area contributed by atoms with Crippen molar-refractivity contribution in [1.82, 2.24) is 4.90 Å². The van der Waals surface area contributed by atoms with E-state index in [4.69, 9.17) is 0 Å².